The van der Waals surface area contributed by atoms with Gasteiger partial charge in [0.15, 0.2) is 0 Å². The number of para-hydroxylation sites is 1. The molecule has 6 nitrogen and oxygen atoms in total. The van der Waals surface area contributed by atoms with Gasteiger partial charge in [-0.15, -0.1) is 0 Å². The molecule has 2 N–H and O–H groups in total. The molecule has 0 spiro atoms. The number of anilines is 2. The van der Waals surface area contributed by atoms with Gasteiger partial charge in [-0.2, -0.15) is 0 Å². The van der Waals surface area contributed by atoms with Crippen LogP contribution < -0.4 is 10.0 Å². The van der Waals surface area contributed by atoms with Crippen molar-refractivity contribution in [2.75, 3.05) is 16.3 Å². The summed E-state index contributed by atoms with van der Waals surface area (Å²) >= 11 is 0. The number of hydrogen-bond donors (Lipinski definition) is 2. The number of carbonyl (C=O) groups is 1. The van der Waals surface area contributed by atoms with Crippen LogP contribution in [0.15, 0.2) is 72.8 Å². The number of sulfonamides is 1. The molecule has 0 aliphatic rings. The number of aromatic nitrogens is 1. The van der Waals surface area contributed by atoms with E-state index in [1.807, 2.05) is 12.1 Å². The van der Waals surface area contributed by atoms with E-state index in [1.165, 1.54) is 12.1 Å². The highest BCUT2D eigenvalue weighted by Gasteiger charge is 2.15. The minimum Gasteiger partial charge on any atom is -0.322 e. The van der Waals surface area contributed by atoms with Gasteiger partial charge in [-0.3, -0.25) is 9.52 Å². The van der Waals surface area contributed by atoms with Crippen LogP contribution in [0.25, 0.3) is 22.2 Å². The second kappa shape index (κ2) is 8.39. The Kier molecular flexibility index (Phi) is 5.63. The van der Waals surface area contributed by atoms with Crippen LogP contribution in [-0.4, -0.2) is 25.6 Å². The standard InChI is InChI=1S/C24H20FN3O3S/c1-15-7-12-18(13-22(15)28-32(2,30)31)26-24(29)20-14-23(16-8-10-17(25)11-9-16)27-21-6-4-3-5-19(20)21/h3-14,28H,1-2H3,(H,26,29). The predicted octanol–water partition coefficient (Wildman–Crippen LogP) is 4.97. The molecule has 0 saturated carbocycles. The molecule has 0 unspecified atom stereocenters. The summed E-state index contributed by atoms with van der Waals surface area (Å²) in [5.41, 5.74) is 3.79. The minimum atomic E-state index is -3.46. The van der Waals surface area contributed by atoms with Gasteiger partial charge in [0.05, 0.1) is 28.7 Å². The van der Waals surface area contributed by atoms with Crippen molar-refractivity contribution in [1.29, 1.82) is 0 Å². The van der Waals surface area contributed by atoms with E-state index in [9.17, 15) is 17.6 Å². The fourth-order valence-corrected chi connectivity index (χ4v) is 3.96. The highest BCUT2D eigenvalue weighted by Crippen LogP contribution is 2.27. The van der Waals surface area contributed by atoms with Gasteiger partial charge < -0.3 is 5.32 Å². The molecule has 4 rings (SSSR count). The quantitative estimate of drug-likeness (QED) is 0.450. The van der Waals surface area contributed by atoms with Crippen LogP contribution in [-0.2, 0) is 10.0 Å². The van der Waals surface area contributed by atoms with Crippen molar-refractivity contribution in [3.8, 4) is 11.3 Å². The second-order valence-electron chi connectivity index (χ2n) is 7.44. The number of pyridine rings is 1. The van der Waals surface area contributed by atoms with E-state index in [0.717, 1.165) is 11.8 Å². The molecule has 162 valence electrons. The molecule has 0 fully saturated rings. The number of benzene rings is 3. The van der Waals surface area contributed by atoms with Crippen LogP contribution in [0.4, 0.5) is 15.8 Å². The van der Waals surface area contributed by atoms with E-state index in [2.05, 4.69) is 15.0 Å². The number of aryl methyl sites for hydroxylation is 1. The van der Waals surface area contributed by atoms with Crippen LogP contribution in [0.5, 0.6) is 0 Å². The summed E-state index contributed by atoms with van der Waals surface area (Å²) in [6, 6.07) is 19.8. The summed E-state index contributed by atoms with van der Waals surface area (Å²) in [7, 11) is -3.46. The molecule has 1 heterocycles. The molecule has 3 aromatic carbocycles. The van der Waals surface area contributed by atoms with E-state index in [4.69, 9.17) is 0 Å². The molecule has 0 bridgehead atoms. The lowest BCUT2D eigenvalue weighted by molar-refractivity contribution is 0.102. The van der Waals surface area contributed by atoms with Gasteiger partial charge in [-0.25, -0.2) is 17.8 Å². The van der Waals surface area contributed by atoms with Gasteiger partial charge in [0, 0.05) is 16.6 Å². The fraction of sp³-hybridized carbons (Fsp3) is 0.0833. The summed E-state index contributed by atoms with van der Waals surface area (Å²) in [6.07, 6.45) is 1.07. The van der Waals surface area contributed by atoms with Gasteiger partial charge in [0.2, 0.25) is 10.0 Å². The van der Waals surface area contributed by atoms with Crippen molar-refractivity contribution >= 4 is 38.2 Å². The molecular formula is C24H20FN3O3S. The lowest BCUT2D eigenvalue weighted by Gasteiger charge is -2.13. The zero-order chi connectivity index (χ0) is 22.9. The van der Waals surface area contributed by atoms with Crippen LogP contribution in [0.2, 0.25) is 0 Å². The van der Waals surface area contributed by atoms with Crippen molar-refractivity contribution in [3.05, 3.63) is 89.7 Å². The number of fused-ring (bicyclic) bond motifs is 1. The Morgan fingerprint density at radius 2 is 1.69 bits per heavy atom. The molecule has 0 radical (unpaired) electrons. The maximum atomic E-state index is 13.3. The molecule has 0 saturated heterocycles. The topological polar surface area (TPSA) is 88.2 Å². The maximum absolute atomic E-state index is 13.3. The monoisotopic (exact) mass is 449 g/mol. The Labute approximate surface area is 185 Å². The predicted molar refractivity (Wildman–Crippen MR) is 125 cm³/mol. The van der Waals surface area contributed by atoms with Gasteiger partial charge in [0.25, 0.3) is 5.91 Å². The third-order valence-electron chi connectivity index (χ3n) is 4.89. The summed E-state index contributed by atoms with van der Waals surface area (Å²) in [4.78, 5) is 17.8. The number of nitrogens with one attached hydrogen (secondary N) is 2. The first kappa shape index (κ1) is 21.5. The van der Waals surface area contributed by atoms with Crippen molar-refractivity contribution < 1.29 is 17.6 Å². The zero-order valence-corrected chi connectivity index (χ0v) is 18.2. The molecule has 0 atom stereocenters. The Balaban J connectivity index is 1.74. The Hall–Kier alpha value is -3.78. The fourth-order valence-electron chi connectivity index (χ4n) is 3.34. The molecule has 8 heteroatoms. The van der Waals surface area contributed by atoms with E-state index in [1.54, 1.807) is 55.5 Å². The van der Waals surface area contributed by atoms with E-state index >= 15 is 0 Å². The first-order valence-electron chi connectivity index (χ1n) is 9.75. The number of hydrogen-bond acceptors (Lipinski definition) is 4. The van der Waals surface area contributed by atoms with Gasteiger partial charge in [-0.1, -0.05) is 24.3 Å². The Morgan fingerprint density at radius 1 is 0.969 bits per heavy atom. The number of carbonyl (C=O) groups excluding carboxylic acids is 1. The molecule has 4 aromatic rings. The number of rotatable bonds is 5. The van der Waals surface area contributed by atoms with Gasteiger partial charge in [-0.05, 0) is 61.0 Å². The van der Waals surface area contributed by atoms with Gasteiger partial charge in [0.1, 0.15) is 5.82 Å². The second-order valence-corrected chi connectivity index (χ2v) is 9.19. The molecular weight excluding hydrogens is 429 g/mol. The third-order valence-corrected chi connectivity index (χ3v) is 5.48. The summed E-state index contributed by atoms with van der Waals surface area (Å²) in [6.45, 7) is 1.77. The third kappa shape index (κ3) is 4.76. The van der Waals surface area contributed by atoms with Crippen LogP contribution in [0.1, 0.15) is 15.9 Å². The van der Waals surface area contributed by atoms with Crippen LogP contribution in [0.3, 0.4) is 0 Å². The average Bonchev–Trinajstić information content (AvgIpc) is 2.75. The van der Waals surface area contributed by atoms with Crippen molar-refractivity contribution in [2.24, 2.45) is 0 Å². The normalized spacial score (nSPS) is 11.3. The summed E-state index contributed by atoms with van der Waals surface area (Å²) < 4.78 is 39.0. The lowest BCUT2D eigenvalue weighted by atomic mass is 10.0. The number of halogens is 1. The SMILES string of the molecule is Cc1ccc(NC(=O)c2cc(-c3ccc(F)cc3)nc3ccccc23)cc1NS(C)(=O)=O. The largest absolute Gasteiger partial charge is 0.322 e. The molecule has 32 heavy (non-hydrogen) atoms. The van der Waals surface area contributed by atoms with E-state index in [-0.39, 0.29) is 11.7 Å². The summed E-state index contributed by atoms with van der Waals surface area (Å²) in [5.74, 6) is -0.730. The van der Waals surface area contributed by atoms with Crippen LogP contribution >= 0.6 is 0 Å². The first-order valence-corrected chi connectivity index (χ1v) is 11.6. The number of amides is 1. The van der Waals surface area contributed by atoms with Crippen LogP contribution in [0, 0.1) is 12.7 Å². The van der Waals surface area contributed by atoms with E-state index in [0.29, 0.717) is 39.1 Å². The Bertz CT molecular complexity index is 1440. The first-order chi connectivity index (χ1) is 15.2. The highest BCUT2D eigenvalue weighted by atomic mass is 32.2. The Morgan fingerprint density at radius 3 is 2.41 bits per heavy atom. The van der Waals surface area contributed by atoms with Crippen molar-refractivity contribution in [3.63, 3.8) is 0 Å². The average molecular weight is 450 g/mol. The maximum Gasteiger partial charge on any atom is 0.256 e. The molecule has 1 amide bonds. The van der Waals surface area contributed by atoms with Crippen molar-refractivity contribution in [2.45, 2.75) is 6.92 Å². The summed E-state index contributed by atoms with van der Waals surface area (Å²) in [5, 5.41) is 3.49. The zero-order valence-electron chi connectivity index (χ0n) is 17.4. The molecule has 0 aliphatic carbocycles. The molecule has 0 aliphatic heterocycles. The number of nitrogens with zero attached hydrogens (tertiary/aromatic N) is 1. The van der Waals surface area contributed by atoms with E-state index < -0.39 is 10.0 Å². The minimum absolute atomic E-state index is 0.356. The van der Waals surface area contributed by atoms with Gasteiger partial charge >= 0.3 is 0 Å². The highest BCUT2D eigenvalue weighted by molar-refractivity contribution is 7.92. The lowest BCUT2D eigenvalue weighted by Crippen LogP contribution is -2.14. The molecule has 1 aromatic heterocycles. The van der Waals surface area contributed by atoms with Crippen molar-refractivity contribution in [1.82, 2.24) is 4.98 Å². The smallest absolute Gasteiger partial charge is 0.256 e.